The number of thiophene rings is 1. The summed E-state index contributed by atoms with van der Waals surface area (Å²) in [6, 6.07) is 3.71. The maximum atomic E-state index is 11.9. The van der Waals surface area contributed by atoms with E-state index in [0.717, 1.165) is 24.5 Å². The lowest BCUT2D eigenvalue weighted by Gasteiger charge is -2.17. The molecule has 6 heteroatoms. The Morgan fingerprint density at radius 2 is 1.71 bits per heavy atom. The number of carbonyl (C=O) groups excluding carboxylic acids is 3. The number of likely N-dealkylation sites (N-methyl/N-ethyl adjacent to an activating group) is 1. The van der Waals surface area contributed by atoms with E-state index in [9.17, 15) is 14.4 Å². The lowest BCUT2D eigenvalue weighted by atomic mass is 10.1. The molecule has 0 radical (unpaired) electrons. The molecule has 0 saturated heterocycles. The average molecular weight is 352 g/mol. The molecule has 1 rings (SSSR count). The molecular formula is C18H28N2O3S. The Labute approximate surface area is 148 Å². The standard InChI is InChI=1S/C18H28N2O3S/c1-4-20(5-2)13-12-19-18(23)11-8-15(21)7-9-16(22)17-10-6-14(3)24-17/h6,10H,4-5,7-9,11-13H2,1-3H3,(H,19,23). The van der Waals surface area contributed by atoms with Crippen LogP contribution in [0.1, 0.15) is 54.1 Å². The van der Waals surface area contributed by atoms with Gasteiger partial charge >= 0.3 is 0 Å². The Hall–Kier alpha value is -1.53. The van der Waals surface area contributed by atoms with Crippen molar-refractivity contribution in [3.05, 3.63) is 21.9 Å². The molecule has 134 valence electrons. The summed E-state index contributed by atoms with van der Waals surface area (Å²) >= 11 is 1.45. The molecule has 0 atom stereocenters. The zero-order valence-corrected chi connectivity index (χ0v) is 15.7. The fraction of sp³-hybridized carbons (Fsp3) is 0.611. The van der Waals surface area contributed by atoms with Gasteiger partial charge in [-0.2, -0.15) is 0 Å². The van der Waals surface area contributed by atoms with Crippen LogP contribution < -0.4 is 5.32 Å². The van der Waals surface area contributed by atoms with Crippen LogP contribution in [0, 0.1) is 6.92 Å². The van der Waals surface area contributed by atoms with Crippen molar-refractivity contribution in [3.63, 3.8) is 0 Å². The molecule has 24 heavy (non-hydrogen) atoms. The Kier molecular flexibility index (Phi) is 9.49. The Morgan fingerprint density at radius 1 is 1.04 bits per heavy atom. The van der Waals surface area contributed by atoms with E-state index >= 15 is 0 Å². The van der Waals surface area contributed by atoms with Gasteiger partial charge in [-0.15, -0.1) is 11.3 Å². The number of hydrogen-bond acceptors (Lipinski definition) is 5. The van der Waals surface area contributed by atoms with Crippen molar-refractivity contribution in [2.75, 3.05) is 26.2 Å². The quantitative estimate of drug-likeness (QED) is 0.588. The number of ketones is 2. The smallest absolute Gasteiger partial charge is 0.220 e. The third kappa shape index (κ3) is 7.84. The first-order valence-electron chi connectivity index (χ1n) is 8.56. The summed E-state index contributed by atoms with van der Waals surface area (Å²) in [6.45, 7) is 9.47. The lowest BCUT2D eigenvalue weighted by molar-refractivity contribution is -0.125. The molecule has 0 unspecified atom stereocenters. The van der Waals surface area contributed by atoms with Crippen molar-refractivity contribution < 1.29 is 14.4 Å². The molecule has 1 heterocycles. The number of rotatable bonds is 12. The lowest BCUT2D eigenvalue weighted by Crippen LogP contribution is -2.34. The average Bonchev–Trinajstić information content (AvgIpc) is 3.01. The highest BCUT2D eigenvalue weighted by Gasteiger charge is 2.12. The van der Waals surface area contributed by atoms with Gasteiger partial charge in [0.2, 0.25) is 5.91 Å². The zero-order chi connectivity index (χ0) is 17.9. The van der Waals surface area contributed by atoms with Gasteiger partial charge in [-0.25, -0.2) is 0 Å². The van der Waals surface area contributed by atoms with Gasteiger partial charge in [0.25, 0.3) is 0 Å². The van der Waals surface area contributed by atoms with Crippen molar-refractivity contribution in [1.29, 1.82) is 0 Å². The van der Waals surface area contributed by atoms with E-state index in [1.165, 1.54) is 11.3 Å². The van der Waals surface area contributed by atoms with Gasteiger partial charge in [-0.3, -0.25) is 14.4 Å². The van der Waals surface area contributed by atoms with Crippen LogP contribution in [0.2, 0.25) is 0 Å². The topological polar surface area (TPSA) is 66.5 Å². The van der Waals surface area contributed by atoms with Gasteiger partial charge < -0.3 is 10.2 Å². The van der Waals surface area contributed by atoms with Crippen molar-refractivity contribution in [2.24, 2.45) is 0 Å². The molecule has 0 saturated carbocycles. The van der Waals surface area contributed by atoms with Gasteiger partial charge in [-0.05, 0) is 32.1 Å². The molecule has 0 fully saturated rings. The second kappa shape index (κ2) is 11.1. The number of nitrogens with zero attached hydrogens (tertiary/aromatic N) is 1. The highest BCUT2D eigenvalue weighted by Crippen LogP contribution is 2.17. The summed E-state index contributed by atoms with van der Waals surface area (Å²) in [5.41, 5.74) is 0. The first-order valence-corrected chi connectivity index (χ1v) is 9.38. The third-order valence-electron chi connectivity index (χ3n) is 3.92. The van der Waals surface area contributed by atoms with Crippen molar-refractivity contribution in [3.8, 4) is 0 Å². The van der Waals surface area contributed by atoms with Crippen LogP contribution in [0.5, 0.6) is 0 Å². The minimum atomic E-state index is -0.101. The van der Waals surface area contributed by atoms with Crippen LogP contribution in [0.3, 0.4) is 0 Å². The van der Waals surface area contributed by atoms with Crippen LogP contribution in [0.15, 0.2) is 12.1 Å². The van der Waals surface area contributed by atoms with E-state index in [1.807, 2.05) is 13.0 Å². The van der Waals surface area contributed by atoms with Gasteiger partial charge in [0.05, 0.1) is 4.88 Å². The molecule has 1 amide bonds. The third-order valence-corrected chi connectivity index (χ3v) is 4.96. The highest BCUT2D eigenvalue weighted by atomic mass is 32.1. The molecule has 1 N–H and O–H groups in total. The fourth-order valence-corrected chi connectivity index (χ4v) is 3.16. The SMILES string of the molecule is CCN(CC)CCNC(=O)CCC(=O)CCC(=O)c1ccc(C)s1. The van der Waals surface area contributed by atoms with E-state index in [2.05, 4.69) is 24.1 Å². The molecule has 0 aliphatic heterocycles. The maximum absolute atomic E-state index is 11.9. The molecule has 0 aliphatic carbocycles. The summed E-state index contributed by atoms with van der Waals surface area (Å²) < 4.78 is 0. The summed E-state index contributed by atoms with van der Waals surface area (Å²) in [7, 11) is 0. The predicted molar refractivity (Wildman–Crippen MR) is 97.7 cm³/mol. The molecule has 0 spiro atoms. The largest absolute Gasteiger partial charge is 0.355 e. The van der Waals surface area contributed by atoms with E-state index in [0.29, 0.717) is 11.4 Å². The first-order chi connectivity index (χ1) is 11.5. The number of carbonyl (C=O) groups is 3. The van der Waals surface area contributed by atoms with Gasteiger partial charge in [0, 0.05) is 43.6 Å². The van der Waals surface area contributed by atoms with Gasteiger partial charge in [0.15, 0.2) is 5.78 Å². The van der Waals surface area contributed by atoms with Crippen LogP contribution >= 0.6 is 11.3 Å². The summed E-state index contributed by atoms with van der Waals surface area (Å²) in [5.74, 6) is -0.128. The molecule has 0 bridgehead atoms. The van der Waals surface area contributed by atoms with Crippen molar-refractivity contribution >= 4 is 28.8 Å². The summed E-state index contributed by atoms with van der Waals surface area (Å²) in [4.78, 5) is 39.5. The Morgan fingerprint density at radius 3 is 2.29 bits per heavy atom. The van der Waals surface area contributed by atoms with E-state index in [-0.39, 0.29) is 43.2 Å². The maximum Gasteiger partial charge on any atom is 0.220 e. The van der Waals surface area contributed by atoms with Crippen LogP contribution in [0.4, 0.5) is 0 Å². The normalized spacial score (nSPS) is 10.8. The highest BCUT2D eigenvalue weighted by molar-refractivity contribution is 7.14. The van der Waals surface area contributed by atoms with Gasteiger partial charge in [0.1, 0.15) is 5.78 Å². The predicted octanol–water partition coefficient (Wildman–Crippen LogP) is 2.83. The molecule has 1 aromatic rings. The number of nitrogens with one attached hydrogen (secondary N) is 1. The summed E-state index contributed by atoms with van der Waals surface area (Å²) in [6.07, 6.45) is 0.835. The second-order valence-corrected chi connectivity index (χ2v) is 7.04. The first kappa shape index (κ1) is 20.5. The van der Waals surface area contributed by atoms with Crippen LogP contribution in [-0.4, -0.2) is 48.6 Å². The number of hydrogen-bond donors (Lipinski definition) is 1. The van der Waals surface area contributed by atoms with E-state index in [4.69, 9.17) is 0 Å². The van der Waals surface area contributed by atoms with Gasteiger partial charge in [-0.1, -0.05) is 13.8 Å². The second-order valence-electron chi connectivity index (χ2n) is 5.75. The van der Waals surface area contributed by atoms with Crippen molar-refractivity contribution in [1.82, 2.24) is 10.2 Å². The van der Waals surface area contributed by atoms with E-state index in [1.54, 1.807) is 6.07 Å². The number of amides is 1. The zero-order valence-electron chi connectivity index (χ0n) is 14.9. The van der Waals surface area contributed by atoms with Crippen LogP contribution in [0.25, 0.3) is 0 Å². The minimum Gasteiger partial charge on any atom is -0.355 e. The molecule has 0 aromatic carbocycles. The molecule has 5 nitrogen and oxygen atoms in total. The number of aryl methyl sites for hydroxylation is 1. The van der Waals surface area contributed by atoms with Crippen LogP contribution in [-0.2, 0) is 9.59 Å². The molecule has 1 aromatic heterocycles. The molecule has 0 aliphatic rings. The number of Topliss-reactive ketones (excluding diaryl/α,β-unsaturated/α-hetero) is 2. The summed E-state index contributed by atoms with van der Waals surface area (Å²) in [5, 5.41) is 2.83. The van der Waals surface area contributed by atoms with E-state index < -0.39 is 0 Å². The minimum absolute atomic E-state index is 0.00474. The molecular weight excluding hydrogens is 324 g/mol. The monoisotopic (exact) mass is 352 g/mol. The van der Waals surface area contributed by atoms with Crippen molar-refractivity contribution in [2.45, 2.75) is 46.5 Å². The fourth-order valence-electron chi connectivity index (χ4n) is 2.32. The Balaban J connectivity index is 2.16. The Bertz CT molecular complexity index is 550.